The minimum atomic E-state index is -0.462. The van der Waals surface area contributed by atoms with Crippen molar-refractivity contribution in [1.29, 1.82) is 0 Å². The molecule has 0 aliphatic carbocycles. The van der Waals surface area contributed by atoms with E-state index < -0.39 is 4.92 Å². The molecule has 0 bridgehead atoms. The Morgan fingerprint density at radius 3 is 2.61 bits per heavy atom. The predicted octanol–water partition coefficient (Wildman–Crippen LogP) is 2.26. The Labute approximate surface area is 131 Å². The Kier molecular flexibility index (Phi) is 3.92. The van der Waals surface area contributed by atoms with Gasteiger partial charge in [0, 0.05) is 36.2 Å². The van der Waals surface area contributed by atoms with E-state index in [1.54, 1.807) is 42.7 Å². The fourth-order valence-electron chi connectivity index (χ4n) is 2.16. The van der Waals surface area contributed by atoms with E-state index in [2.05, 4.69) is 10.1 Å². The van der Waals surface area contributed by atoms with Crippen molar-refractivity contribution in [3.8, 4) is 11.3 Å². The number of hydrogen-bond donors (Lipinski definition) is 0. The molecule has 0 aliphatic rings. The largest absolute Gasteiger partial charge is 0.270 e. The zero-order valence-corrected chi connectivity index (χ0v) is 12.0. The van der Waals surface area contributed by atoms with Gasteiger partial charge in [-0.3, -0.25) is 19.9 Å². The van der Waals surface area contributed by atoms with Crippen LogP contribution in [0.25, 0.3) is 11.3 Å². The quantitative estimate of drug-likeness (QED) is 0.544. The van der Waals surface area contributed by atoms with E-state index in [1.807, 2.05) is 0 Å². The number of non-ortho nitro benzene ring substituents is 1. The molecule has 0 radical (unpaired) electrons. The van der Waals surface area contributed by atoms with Crippen molar-refractivity contribution < 1.29 is 4.92 Å². The second kappa shape index (κ2) is 6.18. The third-order valence-electron chi connectivity index (χ3n) is 3.30. The molecule has 0 saturated carbocycles. The lowest BCUT2D eigenvalue weighted by molar-refractivity contribution is -0.384. The molecule has 0 fully saturated rings. The zero-order chi connectivity index (χ0) is 16.2. The van der Waals surface area contributed by atoms with Crippen LogP contribution >= 0.6 is 0 Å². The van der Waals surface area contributed by atoms with Crippen LogP contribution in [-0.4, -0.2) is 19.7 Å². The molecule has 0 N–H and O–H groups in total. The van der Waals surface area contributed by atoms with Gasteiger partial charge in [-0.05, 0) is 23.8 Å². The Morgan fingerprint density at radius 2 is 1.87 bits per heavy atom. The van der Waals surface area contributed by atoms with Crippen LogP contribution in [-0.2, 0) is 6.54 Å². The molecule has 0 spiro atoms. The van der Waals surface area contributed by atoms with Crippen LogP contribution in [0.15, 0.2) is 65.7 Å². The lowest BCUT2D eigenvalue weighted by Gasteiger charge is -2.07. The van der Waals surface area contributed by atoms with Crippen LogP contribution in [0.3, 0.4) is 0 Å². The van der Waals surface area contributed by atoms with Crippen LogP contribution < -0.4 is 5.56 Å². The molecule has 23 heavy (non-hydrogen) atoms. The SMILES string of the molecule is O=c1ccc(-c2cccc([N+](=O)[O-])c2)nn1Cc1ccncc1. The van der Waals surface area contributed by atoms with Gasteiger partial charge in [0.1, 0.15) is 0 Å². The summed E-state index contributed by atoms with van der Waals surface area (Å²) in [6, 6.07) is 12.7. The number of benzene rings is 1. The van der Waals surface area contributed by atoms with Gasteiger partial charge in [-0.25, -0.2) is 4.68 Å². The van der Waals surface area contributed by atoms with E-state index in [-0.39, 0.29) is 11.2 Å². The lowest BCUT2D eigenvalue weighted by Crippen LogP contribution is -2.22. The van der Waals surface area contributed by atoms with Gasteiger partial charge < -0.3 is 0 Å². The van der Waals surface area contributed by atoms with E-state index in [9.17, 15) is 14.9 Å². The van der Waals surface area contributed by atoms with E-state index in [0.29, 0.717) is 17.8 Å². The van der Waals surface area contributed by atoms with Gasteiger partial charge in [0.2, 0.25) is 0 Å². The second-order valence-electron chi connectivity index (χ2n) is 4.88. The van der Waals surface area contributed by atoms with Crippen LogP contribution in [0.1, 0.15) is 5.56 Å². The summed E-state index contributed by atoms with van der Waals surface area (Å²) in [5, 5.41) is 15.2. The Bertz CT molecular complexity index is 906. The predicted molar refractivity (Wildman–Crippen MR) is 83.9 cm³/mol. The van der Waals surface area contributed by atoms with Crippen LogP contribution in [0.5, 0.6) is 0 Å². The maximum atomic E-state index is 12.0. The average Bonchev–Trinajstić information content (AvgIpc) is 2.58. The Morgan fingerprint density at radius 1 is 1.09 bits per heavy atom. The maximum Gasteiger partial charge on any atom is 0.270 e. The number of nitrogens with zero attached hydrogens (tertiary/aromatic N) is 4. The molecule has 1 aromatic carbocycles. The molecule has 0 aliphatic heterocycles. The molecule has 0 saturated heterocycles. The van der Waals surface area contributed by atoms with Crippen molar-refractivity contribution in [1.82, 2.24) is 14.8 Å². The summed E-state index contributed by atoms with van der Waals surface area (Å²) < 4.78 is 1.32. The lowest BCUT2D eigenvalue weighted by atomic mass is 10.1. The maximum absolute atomic E-state index is 12.0. The minimum absolute atomic E-state index is 0.0174. The molecule has 0 amide bonds. The fraction of sp³-hybridized carbons (Fsp3) is 0.0625. The summed E-state index contributed by atoms with van der Waals surface area (Å²) in [4.78, 5) is 26.3. The number of aromatic nitrogens is 3. The topological polar surface area (TPSA) is 90.9 Å². The first kappa shape index (κ1) is 14.6. The van der Waals surface area contributed by atoms with Gasteiger partial charge in [-0.15, -0.1) is 0 Å². The highest BCUT2D eigenvalue weighted by Gasteiger charge is 2.09. The number of pyridine rings is 1. The van der Waals surface area contributed by atoms with Crippen LogP contribution in [0.2, 0.25) is 0 Å². The molecule has 114 valence electrons. The molecule has 0 unspecified atom stereocenters. The van der Waals surface area contributed by atoms with Gasteiger partial charge in [-0.1, -0.05) is 12.1 Å². The van der Waals surface area contributed by atoms with Gasteiger partial charge in [-0.2, -0.15) is 5.10 Å². The van der Waals surface area contributed by atoms with Crippen molar-refractivity contribution >= 4 is 5.69 Å². The van der Waals surface area contributed by atoms with Gasteiger partial charge in [0.15, 0.2) is 0 Å². The first-order valence-corrected chi connectivity index (χ1v) is 6.85. The number of nitro benzene ring substituents is 1. The molecule has 0 atom stereocenters. The Hall–Kier alpha value is -3.35. The third kappa shape index (κ3) is 3.29. The van der Waals surface area contributed by atoms with E-state index in [0.717, 1.165) is 5.56 Å². The molecule has 2 aromatic heterocycles. The summed E-state index contributed by atoms with van der Waals surface area (Å²) >= 11 is 0. The number of nitro groups is 1. The highest BCUT2D eigenvalue weighted by molar-refractivity contribution is 5.61. The first-order chi connectivity index (χ1) is 11.1. The fourth-order valence-corrected chi connectivity index (χ4v) is 2.16. The second-order valence-corrected chi connectivity index (χ2v) is 4.88. The monoisotopic (exact) mass is 308 g/mol. The van der Waals surface area contributed by atoms with Crippen molar-refractivity contribution in [2.45, 2.75) is 6.54 Å². The number of rotatable bonds is 4. The van der Waals surface area contributed by atoms with Crippen LogP contribution in [0.4, 0.5) is 5.69 Å². The zero-order valence-electron chi connectivity index (χ0n) is 12.0. The van der Waals surface area contributed by atoms with Crippen molar-refractivity contribution in [3.63, 3.8) is 0 Å². The normalized spacial score (nSPS) is 10.4. The van der Waals surface area contributed by atoms with Crippen molar-refractivity contribution in [2.24, 2.45) is 0 Å². The summed E-state index contributed by atoms with van der Waals surface area (Å²) in [5.74, 6) is 0. The molecule has 3 aromatic rings. The molecular weight excluding hydrogens is 296 g/mol. The summed E-state index contributed by atoms with van der Waals surface area (Å²) in [6.07, 6.45) is 3.29. The van der Waals surface area contributed by atoms with E-state index in [1.165, 1.54) is 22.9 Å². The highest BCUT2D eigenvalue weighted by atomic mass is 16.6. The summed E-state index contributed by atoms with van der Waals surface area (Å²) in [6.45, 7) is 0.310. The Balaban J connectivity index is 1.99. The first-order valence-electron chi connectivity index (χ1n) is 6.85. The van der Waals surface area contributed by atoms with Gasteiger partial charge in [0.25, 0.3) is 11.2 Å². The number of hydrogen-bond acceptors (Lipinski definition) is 5. The van der Waals surface area contributed by atoms with Crippen molar-refractivity contribution in [3.05, 3.63) is 87.0 Å². The molecule has 3 rings (SSSR count). The highest BCUT2D eigenvalue weighted by Crippen LogP contribution is 2.21. The van der Waals surface area contributed by atoms with E-state index in [4.69, 9.17) is 0 Å². The minimum Gasteiger partial charge on any atom is -0.268 e. The average molecular weight is 308 g/mol. The molecule has 7 nitrogen and oxygen atoms in total. The van der Waals surface area contributed by atoms with Crippen molar-refractivity contribution in [2.75, 3.05) is 0 Å². The molecule has 7 heteroatoms. The molecular formula is C16H12N4O3. The van der Waals surface area contributed by atoms with Gasteiger partial charge in [0.05, 0.1) is 17.2 Å². The third-order valence-corrected chi connectivity index (χ3v) is 3.30. The summed E-state index contributed by atoms with van der Waals surface area (Å²) in [5.41, 5.74) is 1.73. The summed E-state index contributed by atoms with van der Waals surface area (Å²) in [7, 11) is 0. The van der Waals surface area contributed by atoms with Crippen LogP contribution in [0, 0.1) is 10.1 Å². The molecule has 2 heterocycles. The smallest absolute Gasteiger partial charge is 0.268 e. The van der Waals surface area contributed by atoms with Gasteiger partial charge >= 0.3 is 0 Å². The van der Waals surface area contributed by atoms with E-state index >= 15 is 0 Å². The standard InChI is InChI=1S/C16H12N4O3/c21-16-5-4-15(13-2-1-3-14(10-13)20(22)23)18-19(16)11-12-6-8-17-9-7-12/h1-10H,11H2.